The molecule has 0 bridgehead atoms. The van der Waals surface area contributed by atoms with Crippen LogP contribution in [0.4, 0.5) is 13.6 Å². The summed E-state index contributed by atoms with van der Waals surface area (Å²) in [5.74, 6) is -0.711. The van der Waals surface area contributed by atoms with E-state index in [1.165, 1.54) is 0 Å². The van der Waals surface area contributed by atoms with Gasteiger partial charge in [-0.25, -0.2) is 13.6 Å². The van der Waals surface area contributed by atoms with Gasteiger partial charge in [-0.3, -0.25) is 0 Å². The number of ether oxygens (including phenoxy) is 1. The summed E-state index contributed by atoms with van der Waals surface area (Å²) in [4.78, 5) is 11.3. The fourth-order valence-electron chi connectivity index (χ4n) is 1.47. The Hall–Kier alpha value is -0.870. The van der Waals surface area contributed by atoms with Crippen LogP contribution < -0.4 is 5.32 Å². The van der Waals surface area contributed by atoms with Crippen molar-refractivity contribution in [2.24, 2.45) is 5.92 Å². The first kappa shape index (κ1) is 12.2. The molecule has 1 N–H and O–H groups in total. The summed E-state index contributed by atoms with van der Waals surface area (Å²) in [6, 6.07) is -0.431. The molecule has 1 fully saturated rings. The smallest absolute Gasteiger partial charge is 0.407 e. The zero-order chi connectivity index (χ0) is 11.6. The van der Waals surface area contributed by atoms with Crippen LogP contribution in [0, 0.1) is 5.92 Å². The number of halogens is 2. The van der Waals surface area contributed by atoms with Crippen LogP contribution in [0.25, 0.3) is 0 Å². The van der Waals surface area contributed by atoms with E-state index < -0.39 is 30.1 Å². The van der Waals surface area contributed by atoms with Crippen LogP contribution in [0.5, 0.6) is 0 Å². The molecule has 88 valence electrons. The van der Waals surface area contributed by atoms with Crippen molar-refractivity contribution in [1.29, 1.82) is 0 Å². The van der Waals surface area contributed by atoms with Gasteiger partial charge in [0, 0.05) is 12.0 Å². The Labute approximate surface area is 88.2 Å². The molecule has 2 atom stereocenters. The minimum atomic E-state index is -2.36. The summed E-state index contributed by atoms with van der Waals surface area (Å²) in [5, 5.41) is 2.46. The lowest BCUT2D eigenvalue weighted by atomic mass is 9.80. The molecule has 1 aliphatic carbocycles. The van der Waals surface area contributed by atoms with E-state index in [1.807, 2.05) is 0 Å². The maximum atomic E-state index is 12.3. The molecule has 0 aromatic heterocycles. The Balaban J connectivity index is 2.33. The highest BCUT2D eigenvalue weighted by atomic mass is 19.3. The Morgan fingerprint density at radius 1 is 1.40 bits per heavy atom. The average Bonchev–Trinajstić information content (AvgIpc) is 1.93. The van der Waals surface area contributed by atoms with Gasteiger partial charge >= 0.3 is 6.09 Å². The van der Waals surface area contributed by atoms with Crippen molar-refractivity contribution >= 4 is 6.09 Å². The Morgan fingerprint density at radius 2 is 2.00 bits per heavy atom. The van der Waals surface area contributed by atoms with Gasteiger partial charge in [0.25, 0.3) is 0 Å². The highest BCUT2D eigenvalue weighted by Gasteiger charge is 2.39. The average molecular weight is 221 g/mol. The molecule has 0 saturated heterocycles. The normalized spacial score (nSPS) is 26.0. The van der Waals surface area contributed by atoms with Crippen LogP contribution in [0.3, 0.4) is 0 Å². The van der Waals surface area contributed by atoms with Crippen molar-refractivity contribution in [2.75, 3.05) is 0 Å². The molecule has 0 aromatic carbocycles. The lowest BCUT2D eigenvalue weighted by Crippen LogP contribution is -2.50. The topological polar surface area (TPSA) is 38.3 Å². The van der Waals surface area contributed by atoms with E-state index >= 15 is 0 Å². The molecule has 1 rings (SSSR count). The van der Waals surface area contributed by atoms with E-state index in [2.05, 4.69) is 5.32 Å². The van der Waals surface area contributed by atoms with E-state index in [9.17, 15) is 13.6 Å². The summed E-state index contributed by atoms with van der Waals surface area (Å²) < 4.78 is 29.6. The van der Waals surface area contributed by atoms with Gasteiger partial charge in [-0.05, 0) is 33.6 Å². The second-order valence-corrected chi connectivity index (χ2v) is 4.83. The number of alkyl halides is 2. The minimum absolute atomic E-state index is 0.431. The van der Waals surface area contributed by atoms with Crippen molar-refractivity contribution in [3.05, 3.63) is 0 Å². The molecule has 5 heteroatoms. The lowest BCUT2D eigenvalue weighted by molar-refractivity contribution is -0.00116. The molecule has 0 heterocycles. The third kappa shape index (κ3) is 3.64. The summed E-state index contributed by atoms with van der Waals surface area (Å²) in [6.07, 6.45) is -1.90. The zero-order valence-corrected chi connectivity index (χ0v) is 9.22. The summed E-state index contributed by atoms with van der Waals surface area (Å²) >= 11 is 0. The standard InChI is InChI=1S/C10H17F2NO2/c1-10(2,3)15-9(14)13-7-5-4-6(7)8(11)12/h6-8H,4-5H2,1-3H3,(H,13,14)/t6-,7-/m1/s1. The molecule has 15 heavy (non-hydrogen) atoms. The lowest BCUT2D eigenvalue weighted by Gasteiger charge is -2.36. The fraction of sp³-hybridized carbons (Fsp3) is 0.900. The third-order valence-corrected chi connectivity index (χ3v) is 2.35. The summed E-state index contributed by atoms with van der Waals surface area (Å²) in [6.45, 7) is 5.20. The van der Waals surface area contributed by atoms with Gasteiger partial charge in [0.2, 0.25) is 6.43 Å². The molecule has 0 aliphatic heterocycles. The molecule has 0 radical (unpaired) electrons. The van der Waals surface area contributed by atoms with Gasteiger partial charge in [-0.15, -0.1) is 0 Å². The minimum Gasteiger partial charge on any atom is -0.444 e. The maximum absolute atomic E-state index is 12.3. The molecular weight excluding hydrogens is 204 g/mol. The second-order valence-electron chi connectivity index (χ2n) is 4.83. The van der Waals surface area contributed by atoms with Gasteiger partial charge in [-0.2, -0.15) is 0 Å². The predicted octanol–water partition coefficient (Wildman–Crippen LogP) is 2.55. The molecule has 1 aliphatic rings. The number of carbonyl (C=O) groups is 1. The van der Waals surface area contributed by atoms with Crippen molar-refractivity contribution in [3.63, 3.8) is 0 Å². The molecule has 0 spiro atoms. The number of hydrogen-bond donors (Lipinski definition) is 1. The molecule has 0 aromatic rings. The third-order valence-electron chi connectivity index (χ3n) is 2.35. The second kappa shape index (κ2) is 4.33. The first-order valence-corrected chi connectivity index (χ1v) is 5.07. The molecule has 1 amide bonds. The number of alkyl carbamates (subject to hydrolysis) is 1. The number of hydrogen-bond acceptors (Lipinski definition) is 2. The monoisotopic (exact) mass is 221 g/mol. The number of carbonyl (C=O) groups excluding carboxylic acids is 1. The van der Waals surface area contributed by atoms with Crippen LogP contribution in [-0.2, 0) is 4.74 Å². The first-order chi connectivity index (χ1) is 6.79. The molecule has 3 nitrogen and oxygen atoms in total. The highest BCUT2D eigenvalue weighted by molar-refractivity contribution is 5.68. The van der Waals surface area contributed by atoms with Gasteiger partial charge in [-0.1, -0.05) is 0 Å². The van der Waals surface area contributed by atoms with Crippen LogP contribution in [0.1, 0.15) is 33.6 Å². The van der Waals surface area contributed by atoms with Gasteiger partial charge < -0.3 is 10.1 Å². The van der Waals surface area contributed by atoms with E-state index in [1.54, 1.807) is 20.8 Å². The van der Waals surface area contributed by atoms with Crippen LogP contribution in [0.15, 0.2) is 0 Å². The van der Waals surface area contributed by atoms with Crippen LogP contribution >= 0.6 is 0 Å². The Kier molecular flexibility index (Phi) is 3.52. The SMILES string of the molecule is CC(C)(C)OC(=O)N[C@@H]1CC[C@H]1C(F)F. The van der Waals surface area contributed by atoms with E-state index in [0.717, 1.165) is 0 Å². The Morgan fingerprint density at radius 3 is 2.33 bits per heavy atom. The van der Waals surface area contributed by atoms with E-state index in [-0.39, 0.29) is 0 Å². The van der Waals surface area contributed by atoms with Crippen molar-refractivity contribution < 1.29 is 18.3 Å². The largest absolute Gasteiger partial charge is 0.444 e. The zero-order valence-electron chi connectivity index (χ0n) is 9.22. The summed E-state index contributed by atoms with van der Waals surface area (Å²) in [7, 11) is 0. The van der Waals surface area contributed by atoms with Crippen LogP contribution in [-0.4, -0.2) is 24.2 Å². The fourth-order valence-corrected chi connectivity index (χ4v) is 1.47. The first-order valence-electron chi connectivity index (χ1n) is 5.07. The van der Waals surface area contributed by atoms with Gasteiger partial charge in [0.05, 0.1) is 0 Å². The number of nitrogens with one attached hydrogen (secondary N) is 1. The van der Waals surface area contributed by atoms with Crippen molar-refractivity contribution in [1.82, 2.24) is 5.32 Å². The van der Waals surface area contributed by atoms with E-state index in [4.69, 9.17) is 4.74 Å². The predicted molar refractivity (Wildman–Crippen MR) is 51.9 cm³/mol. The van der Waals surface area contributed by atoms with Crippen molar-refractivity contribution in [3.8, 4) is 0 Å². The van der Waals surface area contributed by atoms with Gasteiger partial charge in [0.1, 0.15) is 5.60 Å². The highest BCUT2D eigenvalue weighted by Crippen LogP contribution is 2.32. The molecule has 0 unspecified atom stereocenters. The van der Waals surface area contributed by atoms with E-state index in [0.29, 0.717) is 12.8 Å². The number of rotatable bonds is 2. The summed E-state index contributed by atoms with van der Waals surface area (Å²) in [5.41, 5.74) is -0.589. The number of amides is 1. The maximum Gasteiger partial charge on any atom is 0.407 e. The Bertz CT molecular complexity index is 238. The van der Waals surface area contributed by atoms with Crippen molar-refractivity contribution in [2.45, 2.75) is 51.7 Å². The molecule has 1 saturated carbocycles. The van der Waals surface area contributed by atoms with Crippen LogP contribution in [0.2, 0.25) is 0 Å². The van der Waals surface area contributed by atoms with Gasteiger partial charge in [0.15, 0.2) is 0 Å². The quantitative estimate of drug-likeness (QED) is 0.778. The molecular formula is C10H17F2NO2.